The largest absolute Gasteiger partial charge is 0.435 e. The summed E-state index contributed by atoms with van der Waals surface area (Å²) in [4.78, 5) is 25.9. The number of anilines is 2. The molecule has 2 aromatic carbocycles. The first-order valence-electron chi connectivity index (χ1n) is 9.91. The maximum atomic E-state index is 13.9. The number of nitrogens with zero attached hydrogens (tertiary/aromatic N) is 2. The maximum absolute atomic E-state index is 13.9. The lowest BCUT2D eigenvalue weighted by Crippen LogP contribution is -2.36. The van der Waals surface area contributed by atoms with Crippen molar-refractivity contribution in [2.45, 2.75) is 39.6 Å². The molecule has 11 heteroatoms. The van der Waals surface area contributed by atoms with E-state index in [9.17, 15) is 27.2 Å². The van der Waals surface area contributed by atoms with E-state index in [1.54, 1.807) is 0 Å². The Morgan fingerprint density at radius 3 is 2.58 bits per heavy atom. The number of carbonyl (C=O) groups excluding carboxylic acids is 2. The van der Waals surface area contributed by atoms with E-state index in [1.165, 1.54) is 43.3 Å². The molecule has 0 aliphatic carbocycles. The summed E-state index contributed by atoms with van der Waals surface area (Å²) in [5.74, 6) is -5.91. The van der Waals surface area contributed by atoms with Gasteiger partial charge in [-0.1, -0.05) is 0 Å². The highest BCUT2D eigenvalue weighted by Gasteiger charge is 2.40. The fourth-order valence-electron chi connectivity index (χ4n) is 3.69. The lowest BCUT2D eigenvalue weighted by Gasteiger charge is -2.18. The summed E-state index contributed by atoms with van der Waals surface area (Å²) in [5, 5.41) is 7.67. The zero-order valence-electron chi connectivity index (χ0n) is 17.6. The standard InChI is InChI=1S/C22H19F4N3O4/c1-11-18(20(31)29(28-11)14-3-5-15(6-4-14)33-21(23)24)19(30)27-17-8-13(22(2,25)26)7-12-9-32-10-16(12)17/h3-8,18,21H,9-10H2,1-2H3,(H,27,30). The Morgan fingerprint density at radius 1 is 1.24 bits per heavy atom. The minimum absolute atomic E-state index is 0.0981. The minimum Gasteiger partial charge on any atom is -0.435 e. The quantitative estimate of drug-likeness (QED) is 0.507. The molecule has 0 saturated heterocycles. The van der Waals surface area contributed by atoms with Crippen LogP contribution in [0.3, 0.4) is 0 Å². The number of hydrogen-bond acceptors (Lipinski definition) is 5. The van der Waals surface area contributed by atoms with E-state index in [2.05, 4.69) is 15.2 Å². The second kappa shape index (κ2) is 8.47. The van der Waals surface area contributed by atoms with E-state index < -0.39 is 30.3 Å². The van der Waals surface area contributed by atoms with E-state index in [4.69, 9.17) is 4.74 Å². The third-order valence-electron chi connectivity index (χ3n) is 5.31. The predicted molar refractivity (Wildman–Crippen MR) is 110 cm³/mol. The van der Waals surface area contributed by atoms with E-state index in [1.807, 2.05) is 0 Å². The summed E-state index contributed by atoms with van der Waals surface area (Å²) < 4.78 is 62.1. The van der Waals surface area contributed by atoms with Crippen molar-refractivity contribution in [1.29, 1.82) is 0 Å². The average molecular weight is 465 g/mol. The molecule has 0 aromatic heterocycles. The zero-order valence-corrected chi connectivity index (χ0v) is 17.6. The van der Waals surface area contributed by atoms with Gasteiger partial charge in [0.2, 0.25) is 5.91 Å². The molecule has 0 fully saturated rings. The zero-order chi connectivity index (χ0) is 23.9. The van der Waals surface area contributed by atoms with Gasteiger partial charge in [-0.2, -0.15) is 18.9 Å². The highest BCUT2D eigenvalue weighted by atomic mass is 19.3. The fraction of sp³-hybridized carbons (Fsp3) is 0.318. The smallest absolute Gasteiger partial charge is 0.387 e. The van der Waals surface area contributed by atoms with Crippen LogP contribution < -0.4 is 15.1 Å². The number of hydrogen-bond donors (Lipinski definition) is 1. The van der Waals surface area contributed by atoms with E-state index in [0.717, 1.165) is 11.9 Å². The molecule has 0 saturated carbocycles. The second-order valence-corrected chi connectivity index (χ2v) is 7.73. The van der Waals surface area contributed by atoms with Crippen molar-refractivity contribution in [3.05, 3.63) is 53.1 Å². The number of rotatable bonds is 6. The van der Waals surface area contributed by atoms with Crippen LogP contribution in [0.5, 0.6) is 5.75 Å². The first-order chi connectivity index (χ1) is 15.5. The van der Waals surface area contributed by atoms with Gasteiger partial charge in [0.15, 0.2) is 5.92 Å². The molecule has 33 heavy (non-hydrogen) atoms. The number of alkyl halides is 4. The van der Waals surface area contributed by atoms with Crippen LogP contribution in [0.4, 0.5) is 28.9 Å². The normalized spacial score (nSPS) is 17.9. The number of nitrogens with one attached hydrogen (secondary N) is 1. The number of halogens is 4. The van der Waals surface area contributed by atoms with Crippen LogP contribution >= 0.6 is 0 Å². The molecule has 2 aliphatic rings. The third kappa shape index (κ3) is 4.54. The summed E-state index contributed by atoms with van der Waals surface area (Å²) in [6.07, 6.45) is 0. The van der Waals surface area contributed by atoms with Crippen molar-refractivity contribution in [1.82, 2.24) is 0 Å². The van der Waals surface area contributed by atoms with Crippen molar-refractivity contribution in [2.75, 3.05) is 10.3 Å². The SMILES string of the molecule is CC1=NN(c2ccc(OC(F)F)cc2)C(=O)C1C(=O)Nc1cc(C(C)(F)F)cc2c1COC2. The predicted octanol–water partition coefficient (Wildman–Crippen LogP) is 4.41. The monoisotopic (exact) mass is 465 g/mol. The highest BCUT2D eigenvalue weighted by molar-refractivity contribution is 6.28. The first-order valence-corrected chi connectivity index (χ1v) is 9.91. The molecule has 1 unspecified atom stereocenters. The summed E-state index contributed by atoms with van der Waals surface area (Å²) in [6, 6.07) is 7.71. The Labute approximate surface area is 186 Å². The molecule has 1 atom stereocenters. The number of carbonyl (C=O) groups is 2. The van der Waals surface area contributed by atoms with Gasteiger partial charge in [0.25, 0.3) is 11.8 Å². The van der Waals surface area contributed by atoms with Crippen LogP contribution in [0, 0.1) is 5.92 Å². The number of benzene rings is 2. The Balaban J connectivity index is 1.55. The molecular formula is C22H19F4N3O4. The third-order valence-corrected chi connectivity index (χ3v) is 5.31. The number of ether oxygens (including phenoxy) is 2. The number of fused-ring (bicyclic) bond motifs is 1. The van der Waals surface area contributed by atoms with Crippen molar-refractivity contribution in [2.24, 2.45) is 11.0 Å². The van der Waals surface area contributed by atoms with Gasteiger partial charge in [-0.25, -0.2) is 8.78 Å². The minimum atomic E-state index is -3.13. The van der Waals surface area contributed by atoms with Gasteiger partial charge in [-0.05, 0) is 48.9 Å². The maximum Gasteiger partial charge on any atom is 0.387 e. The van der Waals surface area contributed by atoms with E-state index >= 15 is 0 Å². The topological polar surface area (TPSA) is 80.2 Å². The van der Waals surface area contributed by atoms with Crippen molar-refractivity contribution >= 4 is 28.9 Å². The Hall–Kier alpha value is -3.47. The highest BCUT2D eigenvalue weighted by Crippen LogP contribution is 2.36. The fourth-order valence-corrected chi connectivity index (χ4v) is 3.69. The van der Waals surface area contributed by atoms with Gasteiger partial charge in [-0.15, -0.1) is 0 Å². The van der Waals surface area contributed by atoms with Crippen LogP contribution in [0.1, 0.15) is 30.5 Å². The second-order valence-electron chi connectivity index (χ2n) is 7.73. The average Bonchev–Trinajstić information content (AvgIpc) is 3.31. The van der Waals surface area contributed by atoms with Gasteiger partial charge >= 0.3 is 6.61 Å². The molecule has 0 bridgehead atoms. The Morgan fingerprint density at radius 2 is 1.94 bits per heavy atom. The number of hydrazone groups is 1. The summed E-state index contributed by atoms with van der Waals surface area (Å²) in [6.45, 7) is -0.463. The Bertz CT molecular complexity index is 1130. The molecule has 2 amide bonds. The molecule has 0 spiro atoms. The molecule has 2 aliphatic heterocycles. The lowest BCUT2D eigenvalue weighted by atomic mass is 9.99. The number of amides is 2. The van der Waals surface area contributed by atoms with Crippen LogP contribution in [-0.2, 0) is 33.5 Å². The molecule has 4 rings (SSSR count). The van der Waals surface area contributed by atoms with Crippen LogP contribution in [-0.4, -0.2) is 24.1 Å². The first kappa shape index (κ1) is 22.7. The van der Waals surface area contributed by atoms with Crippen LogP contribution in [0.25, 0.3) is 0 Å². The van der Waals surface area contributed by atoms with Crippen molar-refractivity contribution < 1.29 is 36.6 Å². The van der Waals surface area contributed by atoms with Crippen molar-refractivity contribution in [3.8, 4) is 5.75 Å². The molecule has 174 valence electrons. The van der Waals surface area contributed by atoms with Gasteiger partial charge in [0.05, 0.1) is 24.6 Å². The van der Waals surface area contributed by atoms with E-state index in [0.29, 0.717) is 11.1 Å². The molecule has 7 nitrogen and oxygen atoms in total. The summed E-state index contributed by atoms with van der Waals surface area (Å²) >= 11 is 0. The van der Waals surface area contributed by atoms with Crippen LogP contribution in [0.15, 0.2) is 41.5 Å². The lowest BCUT2D eigenvalue weighted by molar-refractivity contribution is -0.127. The molecule has 2 heterocycles. The summed E-state index contributed by atoms with van der Waals surface area (Å²) in [7, 11) is 0. The van der Waals surface area contributed by atoms with Gasteiger partial charge < -0.3 is 14.8 Å². The van der Waals surface area contributed by atoms with Crippen LogP contribution in [0.2, 0.25) is 0 Å². The van der Waals surface area contributed by atoms with E-state index in [-0.39, 0.29) is 41.6 Å². The summed E-state index contributed by atoms with van der Waals surface area (Å²) in [5.41, 5.74) is 1.42. The van der Waals surface area contributed by atoms with Crippen molar-refractivity contribution in [3.63, 3.8) is 0 Å². The molecular weight excluding hydrogens is 446 g/mol. The molecule has 0 radical (unpaired) electrons. The molecule has 2 aromatic rings. The Kier molecular flexibility index (Phi) is 5.83. The van der Waals surface area contributed by atoms with Gasteiger partial charge in [0.1, 0.15) is 5.75 Å². The molecule has 1 N–H and O–H groups in total. The van der Waals surface area contributed by atoms with Gasteiger partial charge in [0, 0.05) is 23.7 Å². The van der Waals surface area contributed by atoms with Gasteiger partial charge in [-0.3, -0.25) is 9.59 Å².